The van der Waals surface area contributed by atoms with Crippen LogP contribution < -0.4 is 0 Å². The van der Waals surface area contributed by atoms with E-state index in [-0.39, 0.29) is 11.3 Å². The van der Waals surface area contributed by atoms with E-state index in [1.165, 1.54) is 5.56 Å². The maximum Gasteiger partial charge on any atom is 0.219 e. The number of sulfonamides is 1. The lowest BCUT2D eigenvalue weighted by Crippen LogP contribution is -2.46. The van der Waals surface area contributed by atoms with Crippen molar-refractivity contribution in [2.45, 2.75) is 37.6 Å². The van der Waals surface area contributed by atoms with Gasteiger partial charge in [0.05, 0.1) is 6.61 Å². The van der Waals surface area contributed by atoms with Crippen LogP contribution in [0.2, 0.25) is 0 Å². The Kier molecular flexibility index (Phi) is 5.36. The number of nitrogens with zero attached hydrogens (tertiary/aromatic N) is 2. The Morgan fingerprint density at radius 2 is 2.00 bits per heavy atom. The molecule has 0 radical (unpaired) electrons. The predicted molar refractivity (Wildman–Crippen MR) is 90.6 cm³/mol. The Morgan fingerprint density at radius 3 is 2.70 bits per heavy atom. The number of hydrogen-bond acceptors (Lipinski definition) is 4. The van der Waals surface area contributed by atoms with Gasteiger partial charge in [0.25, 0.3) is 0 Å². The fourth-order valence-electron chi connectivity index (χ4n) is 3.53. The minimum atomic E-state index is -3.25. The van der Waals surface area contributed by atoms with E-state index >= 15 is 0 Å². The van der Waals surface area contributed by atoms with Crippen molar-refractivity contribution in [3.8, 4) is 0 Å². The van der Waals surface area contributed by atoms with Crippen LogP contribution in [-0.2, 0) is 21.3 Å². The second-order valence-corrected chi connectivity index (χ2v) is 8.73. The molecule has 0 spiro atoms. The van der Waals surface area contributed by atoms with E-state index in [1.54, 1.807) is 4.31 Å². The summed E-state index contributed by atoms with van der Waals surface area (Å²) in [6.07, 6.45) is 1.50. The largest absolute Gasteiger partial charge is 0.380 e. The molecule has 2 aliphatic rings. The minimum absolute atomic E-state index is 0.00631. The van der Waals surface area contributed by atoms with Gasteiger partial charge in [-0.2, -0.15) is 4.31 Å². The molecule has 5 nitrogen and oxygen atoms in total. The van der Waals surface area contributed by atoms with E-state index in [0.717, 1.165) is 26.1 Å². The summed E-state index contributed by atoms with van der Waals surface area (Å²) in [6.45, 7) is 6.15. The zero-order valence-electron chi connectivity index (χ0n) is 13.7. The molecule has 1 aromatic rings. The molecule has 0 bridgehead atoms. The van der Waals surface area contributed by atoms with Crippen LogP contribution in [-0.4, -0.2) is 61.8 Å². The molecule has 2 atom stereocenters. The molecule has 0 amide bonds. The lowest BCUT2D eigenvalue weighted by Gasteiger charge is -2.30. The van der Waals surface area contributed by atoms with E-state index in [0.29, 0.717) is 26.2 Å². The maximum atomic E-state index is 12.8. The normalized spacial score (nSPS) is 27.9. The molecule has 0 aliphatic carbocycles. The number of hydrogen-bond donors (Lipinski definition) is 0. The van der Waals surface area contributed by atoms with Crippen LogP contribution in [0.15, 0.2) is 30.3 Å². The van der Waals surface area contributed by atoms with Crippen LogP contribution in [0.25, 0.3) is 0 Å². The molecule has 1 aromatic carbocycles. The molecular weight excluding hydrogens is 312 g/mol. The fraction of sp³-hybridized carbons (Fsp3) is 0.647. The Morgan fingerprint density at radius 1 is 1.22 bits per heavy atom. The van der Waals surface area contributed by atoms with Gasteiger partial charge in [-0.3, -0.25) is 4.90 Å². The highest BCUT2D eigenvalue weighted by Crippen LogP contribution is 2.23. The van der Waals surface area contributed by atoms with Crippen LogP contribution in [0, 0.1) is 0 Å². The van der Waals surface area contributed by atoms with Crippen molar-refractivity contribution in [3.63, 3.8) is 0 Å². The van der Waals surface area contributed by atoms with Gasteiger partial charge in [0.1, 0.15) is 5.25 Å². The highest BCUT2D eigenvalue weighted by molar-refractivity contribution is 7.89. The topological polar surface area (TPSA) is 49.9 Å². The van der Waals surface area contributed by atoms with Gasteiger partial charge < -0.3 is 4.74 Å². The minimum Gasteiger partial charge on any atom is -0.380 e. The molecule has 6 heteroatoms. The molecule has 0 aromatic heterocycles. The molecule has 23 heavy (non-hydrogen) atoms. The van der Waals surface area contributed by atoms with Gasteiger partial charge in [-0.15, -0.1) is 0 Å². The van der Waals surface area contributed by atoms with Crippen molar-refractivity contribution < 1.29 is 13.2 Å². The van der Waals surface area contributed by atoms with Gasteiger partial charge in [0.15, 0.2) is 0 Å². The second kappa shape index (κ2) is 7.30. The van der Waals surface area contributed by atoms with E-state index < -0.39 is 10.0 Å². The maximum absolute atomic E-state index is 12.8. The van der Waals surface area contributed by atoms with Crippen molar-refractivity contribution in [3.05, 3.63) is 35.9 Å². The second-order valence-electron chi connectivity index (χ2n) is 6.56. The van der Waals surface area contributed by atoms with Gasteiger partial charge in [-0.25, -0.2) is 8.42 Å². The van der Waals surface area contributed by atoms with Gasteiger partial charge in [0.2, 0.25) is 10.0 Å². The van der Waals surface area contributed by atoms with E-state index in [1.807, 2.05) is 25.1 Å². The zero-order valence-corrected chi connectivity index (χ0v) is 14.5. The van der Waals surface area contributed by atoms with Gasteiger partial charge in [-0.1, -0.05) is 30.3 Å². The standard InChI is InChI=1S/C17H26N2O3S/c1-15-12-18(13-16-6-3-2-4-7-16)9-5-10-19(15)23(20,21)17-8-11-22-14-17/h2-4,6-7,15,17H,5,8-14H2,1H3/t15-,17-/m1/s1. The monoisotopic (exact) mass is 338 g/mol. The molecule has 2 heterocycles. The number of rotatable bonds is 4. The van der Waals surface area contributed by atoms with Crippen molar-refractivity contribution in [1.82, 2.24) is 9.21 Å². The molecule has 0 N–H and O–H groups in total. The fourth-order valence-corrected chi connectivity index (χ4v) is 5.53. The Labute approximate surface area is 139 Å². The van der Waals surface area contributed by atoms with Gasteiger partial charge in [0, 0.05) is 32.3 Å². The highest BCUT2D eigenvalue weighted by Gasteiger charge is 2.38. The highest BCUT2D eigenvalue weighted by atomic mass is 32.2. The first-order valence-electron chi connectivity index (χ1n) is 8.42. The molecule has 2 aliphatic heterocycles. The van der Waals surface area contributed by atoms with Crippen LogP contribution in [0.4, 0.5) is 0 Å². The molecule has 2 fully saturated rings. The third-order valence-corrected chi connectivity index (χ3v) is 7.16. The van der Waals surface area contributed by atoms with Crippen molar-refractivity contribution in [2.75, 3.05) is 32.8 Å². The van der Waals surface area contributed by atoms with E-state index in [9.17, 15) is 8.42 Å². The van der Waals surface area contributed by atoms with Crippen LogP contribution >= 0.6 is 0 Å². The first-order chi connectivity index (χ1) is 11.1. The molecule has 3 rings (SSSR count). The van der Waals surface area contributed by atoms with Crippen LogP contribution in [0.5, 0.6) is 0 Å². The summed E-state index contributed by atoms with van der Waals surface area (Å²) in [7, 11) is -3.25. The molecule has 0 unspecified atom stereocenters. The number of ether oxygens (including phenoxy) is 1. The average molecular weight is 338 g/mol. The summed E-state index contributed by atoms with van der Waals surface area (Å²) in [6, 6.07) is 10.4. The first kappa shape index (κ1) is 16.9. The predicted octanol–water partition coefficient (Wildman–Crippen LogP) is 1.70. The summed E-state index contributed by atoms with van der Waals surface area (Å²) >= 11 is 0. The quantitative estimate of drug-likeness (QED) is 0.838. The summed E-state index contributed by atoms with van der Waals surface area (Å²) in [5.41, 5.74) is 1.28. The average Bonchev–Trinajstić information content (AvgIpc) is 3.01. The van der Waals surface area contributed by atoms with Crippen molar-refractivity contribution in [2.24, 2.45) is 0 Å². The van der Waals surface area contributed by atoms with Crippen LogP contribution in [0.1, 0.15) is 25.3 Å². The first-order valence-corrected chi connectivity index (χ1v) is 9.92. The number of benzene rings is 1. The molecule has 2 saturated heterocycles. The summed E-state index contributed by atoms with van der Waals surface area (Å²) in [5.74, 6) is 0. The van der Waals surface area contributed by atoms with Crippen LogP contribution in [0.3, 0.4) is 0 Å². The summed E-state index contributed by atoms with van der Waals surface area (Å²) in [5, 5.41) is -0.356. The summed E-state index contributed by atoms with van der Waals surface area (Å²) in [4.78, 5) is 2.36. The van der Waals surface area contributed by atoms with E-state index in [2.05, 4.69) is 17.0 Å². The SMILES string of the molecule is C[C@@H]1CN(Cc2ccccc2)CCCN1S(=O)(=O)[C@@H]1CCOC1. The lowest BCUT2D eigenvalue weighted by atomic mass is 10.2. The van der Waals surface area contributed by atoms with Crippen molar-refractivity contribution in [1.29, 1.82) is 0 Å². The van der Waals surface area contributed by atoms with Gasteiger partial charge >= 0.3 is 0 Å². The smallest absolute Gasteiger partial charge is 0.219 e. The molecule has 0 saturated carbocycles. The zero-order chi connectivity index (χ0) is 16.3. The lowest BCUT2D eigenvalue weighted by molar-refractivity contribution is 0.197. The summed E-state index contributed by atoms with van der Waals surface area (Å²) < 4.78 is 32.7. The molecular formula is C17H26N2O3S. The Bertz CT molecular complexity index is 600. The molecule has 128 valence electrons. The van der Waals surface area contributed by atoms with Gasteiger partial charge in [-0.05, 0) is 31.9 Å². The third kappa shape index (κ3) is 3.94. The van der Waals surface area contributed by atoms with E-state index in [4.69, 9.17) is 4.74 Å². The Hall–Kier alpha value is -0.950. The van der Waals surface area contributed by atoms with Crippen molar-refractivity contribution >= 4 is 10.0 Å². The Balaban J connectivity index is 1.67. The third-order valence-electron chi connectivity index (χ3n) is 4.75.